The Morgan fingerprint density at radius 3 is 2.44 bits per heavy atom. The highest BCUT2D eigenvalue weighted by Crippen LogP contribution is 2.46. The topological polar surface area (TPSA) is 133 Å². The molecule has 3 aromatic rings. The fraction of sp³-hybridized carbons (Fsp3) is 0.643. The van der Waals surface area contributed by atoms with Gasteiger partial charge in [-0.05, 0) is 67.9 Å². The summed E-state index contributed by atoms with van der Waals surface area (Å²) in [7, 11) is 0. The number of aromatic nitrogens is 6. The number of nitrogens with one attached hydrogen (secondary N) is 1. The van der Waals surface area contributed by atoms with Crippen molar-refractivity contribution >= 4 is 17.5 Å². The molecule has 3 saturated carbocycles. The van der Waals surface area contributed by atoms with E-state index in [1.54, 1.807) is 18.5 Å². The molecule has 3 N–H and O–H groups in total. The summed E-state index contributed by atoms with van der Waals surface area (Å²) in [4.78, 5) is 29.8. The lowest BCUT2D eigenvalue weighted by Gasteiger charge is -2.32. The third-order valence-corrected chi connectivity index (χ3v) is 8.73. The molecule has 3 aliphatic carbocycles. The number of carbonyl (C=O) groups excluding carboxylic acids is 2. The number of alkyl halides is 5. The molecule has 0 saturated heterocycles. The van der Waals surface area contributed by atoms with Gasteiger partial charge < -0.3 is 11.1 Å². The fourth-order valence-electron chi connectivity index (χ4n) is 6.10. The van der Waals surface area contributed by atoms with Crippen molar-refractivity contribution in [1.29, 1.82) is 0 Å². The van der Waals surface area contributed by atoms with Crippen molar-refractivity contribution in [3.8, 4) is 0 Å². The van der Waals surface area contributed by atoms with Crippen LogP contribution in [0.4, 0.5) is 22.0 Å². The molecule has 3 heterocycles. The number of amides is 2. The first-order valence-electron chi connectivity index (χ1n) is 14.7. The number of hydrogen-bond acceptors (Lipinski definition) is 6. The minimum atomic E-state index is -4.43. The number of nitrogens with two attached hydrogens (primary N) is 1. The molecule has 0 aromatic carbocycles. The van der Waals surface area contributed by atoms with E-state index in [0.717, 1.165) is 25.7 Å². The Labute approximate surface area is 243 Å². The van der Waals surface area contributed by atoms with Gasteiger partial charge in [-0.2, -0.15) is 18.3 Å². The Morgan fingerprint density at radius 1 is 1.09 bits per heavy atom. The van der Waals surface area contributed by atoms with Crippen molar-refractivity contribution in [2.24, 2.45) is 23.5 Å². The number of rotatable bonds is 11. The van der Waals surface area contributed by atoms with Gasteiger partial charge in [-0.3, -0.25) is 9.59 Å². The van der Waals surface area contributed by atoms with Crippen LogP contribution in [0.2, 0.25) is 0 Å². The Balaban J connectivity index is 1.32. The van der Waals surface area contributed by atoms with Crippen LogP contribution in [0.1, 0.15) is 104 Å². The number of carbonyl (C=O) groups is 2. The molecule has 232 valence electrons. The van der Waals surface area contributed by atoms with Crippen molar-refractivity contribution < 1.29 is 31.5 Å². The summed E-state index contributed by atoms with van der Waals surface area (Å²) in [5.41, 5.74) is 7.73. The Bertz CT molecular complexity index is 1500. The summed E-state index contributed by atoms with van der Waals surface area (Å²) < 4.78 is 69.2. The van der Waals surface area contributed by atoms with Crippen LogP contribution < -0.4 is 11.1 Å². The summed E-state index contributed by atoms with van der Waals surface area (Å²) in [6, 6.07) is 1.20. The summed E-state index contributed by atoms with van der Waals surface area (Å²) in [5, 5.41) is 15.7. The van der Waals surface area contributed by atoms with E-state index < -0.39 is 48.7 Å². The highest BCUT2D eigenvalue weighted by atomic mass is 19.4. The molecule has 15 heteroatoms. The van der Waals surface area contributed by atoms with Gasteiger partial charge in [0.25, 0.3) is 5.91 Å². The maximum Gasteiger partial charge on any atom is 0.389 e. The smallest absolute Gasteiger partial charge is 0.364 e. The Morgan fingerprint density at radius 2 is 1.81 bits per heavy atom. The van der Waals surface area contributed by atoms with Crippen LogP contribution in [0.5, 0.6) is 0 Å². The summed E-state index contributed by atoms with van der Waals surface area (Å²) in [6.07, 6.45) is 0.333. The van der Waals surface area contributed by atoms with E-state index in [0.29, 0.717) is 35.1 Å². The highest BCUT2D eigenvalue weighted by Gasteiger charge is 2.42. The molecule has 0 unspecified atom stereocenters. The van der Waals surface area contributed by atoms with Crippen LogP contribution in [0.25, 0.3) is 5.65 Å². The molecular weight excluding hydrogens is 575 g/mol. The standard InChI is InChI=1S/C28H33F5N8O2/c29-27(30)8-5-16(6-9-27)22(24-25(26(34)43)41(39-38-24)13-15-1-2-15)19-14-40-20(36-19)11-18(12-35-40)23(17-3-4-17)37-21(42)7-10-28(31,32)33/h11-12,14-17,22-23H,1-10,13H2,(H2,34,43)(H,37,42)/t22-,23+/m0/s1. The SMILES string of the molecule is NC(=O)c1c([C@H](c2cn3ncc([C@H](NC(=O)CCC(F)(F)F)C4CC4)cc3n2)C2CCC(F)(F)CC2)nnn1CC1CC1. The quantitative estimate of drug-likeness (QED) is 0.304. The first-order valence-corrected chi connectivity index (χ1v) is 14.7. The molecule has 10 nitrogen and oxygen atoms in total. The minimum absolute atomic E-state index is 0.0739. The van der Waals surface area contributed by atoms with Gasteiger partial charge in [-0.15, -0.1) is 5.10 Å². The van der Waals surface area contributed by atoms with E-state index in [1.165, 1.54) is 9.20 Å². The minimum Gasteiger partial charge on any atom is -0.364 e. The number of nitrogens with zero attached hydrogens (tertiary/aromatic N) is 6. The zero-order valence-corrected chi connectivity index (χ0v) is 23.4. The monoisotopic (exact) mass is 608 g/mol. The number of hydrogen-bond donors (Lipinski definition) is 2. The normalized spacial score (nSPS) is 20.7. The van der Waals surface area contributed by atoms with Gasteiger partial charge in [0.15, 0.2) is 5.65 Å². The third-order valence-electron chi connectivity index (χ3n) is 8.73. The first-order chi connectivity index (χ1) is 20.4. The van der Waals surface area contributed by atoms with E-state index >= 15 is 0 Å². The summed E-state index contributed by atoms with van der Waals surface area (Å²) in [5.74, 6) is -4.66. The maximum absolute atomic E-state index is 14.1. The van der Waals surface area contributed by atoms with Gasteiger partial charge in [0.05, 0.1) is 36.5 Å². The zero-order chi connectivity index (χ0) is 30.5. The van der Waals surface area contributed by atoms with E-state index in [-0.39, 0.29) is 43.2 Å². The summed E-state index contributed by atoms with van der Waals surface area (Å²) >= 11 is 0. The van der Waals surface area contributed by atoms with Crippen molar-refractivity contribution in [3.05, 3.63) is 41.1 Å². The van der Waals surface area contributed by atoms with Crippen LogP contribution in [-0.2, 0) is 11.3 Å². The van der Waals surface area contributed by atoms with E-state index in [2.05, 4.69) is 20.7 Å². The van der Waals surface area contributed by atoms with Crippen molar-refractivity contribution in [1.82, 2.24) is 34.9 Å². The predicted molar refractivity (Wildman–Crippen MR) is 142 cm³/mol. The largest absolute Gasteiger partial charge is 0.389 e. The van der Waals surface area contributed by atoms with Gasteiger partial charge in [0, 0.05) is 25.8 Å². The lowest BCUT2D eigenvalue weighted by molar-refractivity contribution is -0.144. The lowest BCUT2D eigenvalue weighted by Crippen LogP contribution is -2.30. The Hall–Kier alpha value is -3.65. The van der Waals surface area contributed by atoms with Crippen molar-refractivity contribution in [2.45, 2.75) is 94.8 Å². The molecular formula is C28H33F5N8O2. The average molecular weight is 609 g/mol. The lowest BCUT2D eigenvalue weighted by atomic mass is 9.75. The molecule has 0 spiro atoms. The number of imidazole rings is 1. The van der Waals surface area contributed by atoms with E-state index in [4.69, 9.17) is 10.7 Å². The second-order valence-corrected chi connectivity index (χ2v) is 12.2. The van der Waals surface area contributed by atoms with Crippen LogP contribution in [0.15, 0.2) is 18.5 Å². The Kier molecular flexibility index (Phi) is 7.61. The number of halogens is 5. The van der Waals surface area contributed by atoms with E-state index in [1.807, 2.05) is 0 Å². The van der Waals surface area contributed by atoms with E-state index in [9.17, 15) is 31.5 Å². The molecule has 3 fully saturated rings. The molecule has 0 bridgehead atoms. The van der Waals surface area contributed by atoms with Gasteiger partial charge >= 0.3 is 6.18 Å². The van der Waals surface area contributed by atoms with Gasteiger partial charge in [0.1, 0.15) is 11.4 Å². The molecule has 2 atom stereocenters. The predicted octanol–water partition coefficient (Wildman–Crippen LogP) is 4.70. The molecule has 0 aliphatic heterocycles. The second kappa shape index (κ2) is 11.1. The van der Waals surface area contributed by atoms with Gasteiger partial charge in [-0.25, -0.2) is 23.0 Å². The molecule has 6 rings (SSSR count). The molecule has 3 aliphatic rings. The zero-order valence-electron chi connectivity index (χ0n) is 23.4. The number of primary amides is 1. The molecule has 0 radical (unpaired) electrons. The van der Waals surface area contributed by atoms with Crippen LogP contribution in [-0.4, -0.2) is 53.5 Å². The van der Waals surface area contributed by atoms with Crippen molar-refractivity contribution in [3.63, 3.8) is 0 Å². The van der Waals surface area contributed by atoms with Crippen LogP contribution in [0, 0.1) is 17.8 Å². The molecule has 43 heavy (non-hydrogen) atoms. The summed E-state index contributed by atoms with van der Waals surface area (Å²) in [6.45, 7) is 0.494. The number of fused-ring (bicyclic) bond motifs is 1. The van der Waals surface area contributed by atoms with Crippen molar-refractivity contribution in [2.75, 3.05) is 0 Å². The first kappa shape index (κ1) is 29.4. The van der Waals surface area contributed by atoms with Gasteiger partial charge in [-0.1, -0.05) is 5.21 Å². The fourth-order valence-corrected chi connectivity index (χ4v) is 6.10. The van der Waals surface area contributed by atoms with Crippen LogP contribution in [0.3, 0.4) is 0 Å². The highest BCUT2D eigenvalue weighted by molar-refractivity contribution is 5.92. The molecule has 3 aromatic heterocycles. The maximum atomic E-state index is 14.1. The molecule has 2 amide bonds. The average Bonchev–Trinajstić information content (AvgIpc) is 3.86. The van der Waals surface area contributed by atoms with Gasteiger partial charge in [0.2, 0.25) is 11.8 Å². The van der Waals surface area contributed by atoms with Crippen LogP contribution >= 0.6 is 0 Å². The second-order valence-electron chi connectivity index (χ2n) is 12.2. The third kappa shape index (κ3) is 6.80.